The first-order valence-electron chi connectivity index (χ1n) is 6.24. The third-order valence-electron chi connectivity index (χ3n) is 3.03. The van der Waals surface area contributed by atoms with E-state index in [2.05, 4.69) is 10.2 Å². The van der Waals surface area contributed by atoms with Crippen LogP contribution in [0.2, 0.25) is 5.02 Å². The van der Waals surface area contributed by atoms with E-state index in [0.29, 0.717) is 5.56 Å². The van der Waals surface area contributed by atoms with Gasteiger partial charge in [0.2, 0.25) is 11.8 Å². The Morgan fingerprint density at radius 1 is 1.10 bits per heavy atom. The number of hydrogen-bond donors (Lipinski definition) is 1. The van der Waals surface area contributed by atoms with Crippen molar-refractivity contribution in [3.8, 4) is 11.5 Å². The Morgan fingerprint density at radius 2 is 1.86 bits per heavy atom. The van der Waals surface area contributed by atoms with Crippen molar-refractivity contribution < 1.29 is 8.81 Å². The van der Waals surface area contributed by atoms with Crippen LogP contribution in [-0.2, 0) is 0 Å². The molecule has 0 radical (unpaired) electrons. The predicted octanol–water partition coefficient (Wildman–Crippen LogP) is 3.58. The highest BCUT2D eigenvalue weighted by atomic mass is 35.5. The third-order valence-corrected chi connectivity index (χ3v) is 3.32. The monoisotopic (exact) mass is 303 g/mol. The van der Waals surface area contributed by atoms with Crippen molar-refractivity contribution in [2.75, 3.05) is 0 Å². The van der Waals surface area contributed by atoms with Crippen molar-refractivity contribution in [2.45, 2.75) is 6.04 Å². The molecule has 106 valence electrons. The van der Waals surface area contributed by atoms with Gasteiger partial charge >= 0.3 is 0 Å². The Labute approximate surface area is 125 Å². The van der Waals surface area contributed by atoms with Crippen molar-refractivity contribution in [1.29, 1.82) is 0 Å². The lowest BCUT2D eigenvalue weighted by atomic mass is 10.1. The Kier molecular flexibility index (Phi) is 3.68. The van der Waals surface area contributed by atoms with Crippen molar-refractivity contribution in [1.82, 2.24) is 10.2 Å². The van der Waals surface area contributed by atoms with Crippen LogP contribution in [0.5, 0.6) is 0 Å². The molecule has 1 aromatic heterocycles. The van der Waals surface area contributed by atoms with E-state index in [1.165, 1.54) is 18.2 Å². The van der Waals surface area contributed by atoms with Crippen molar-refractivity contribution in [3.63, 3.8) is 0 Å². The van der Waals surface area contributed by atoms with Crippen molar-refractivity contribution in [3.05, 3.63) is 70.8 Å². The maximum atomic E-state index is 13.2. The van der Waals surface area contributed by atoms with Crippen LogP contribution in [0.1, 0.15) is 17.5 Å². The van der Waals surface area contributed by atoms with E-state index in [4.69, 9.17) is 21.8 Å². The summed E-state index contributed by atoms with van der Waals surface area (Å²) in [7, 11) is 0. The summed E-state index contributed by atoms with van der Waals surface area (Å²) in [5.74, 6) is 0.0380. The molecule has 1 atom stereocenters. The van der Waals surface area contributed by atoms with Gasteiger partial charge in [0, 0.05) is 5.56 Å². The molecule has 21 heavy (non-hydrogen) atoms. The molecule has 0 saturated carbocycles. The van der Waals surface area contributed by atoms with Gasteiger partial charge in [0.1, 0.15) is 11.9 Å². The van der Waals surface area contributed by atoms with Gasteiger partial charge in [-0.2, -0.15) is 0 Å². The SMILES string of the molecule is NC(c1ccccc1)c1nnc(-c2ccc(F)c(Cl)c2)o1. The highest BCUT2D eigenvalue weighted by molar-refractivity contribution is 6.31. The average Bonchev–Trinajstić information content (AvgIpc) is 3.00. The number of rotatable bonds is 3. The normalized spacial score (nSPS) is 12.3. The first-order valence-corrected chi connectivity index (χ1v) is 6.62. The zero-order valence-corrected chi connectivity index (χ0v) is 11.6. The van der Waals surface area contributed by atoms with Gasteiger partial charge in [-0.25, -0.2) is 4.39 Å². The summed E-state index contributed by atoms with van der Waals surface area (Å²) in [5, 5.41) is 7.87. The summed E-state index contributed by atoms with van der Waals surface area (Å²) >= 11 is 5.74. The molecule has 3 aromatic rings. The van der Waals surface area contributed by atoms with Crippen molar-refractivity contribution in [2.24, 2.45) is 5.73 Å². The molecule has 4 nitrogen and oxygen atoms in total. The fourth-order valence-electron chi connectivity index (χ4n) is 1.91. The molecule has 0 aliphatic rings. The molecule has 0 saturated heterocycles. The Bertz CT molecular complexity index is 761. The topological polar surface area (TPSA) is 64.9 Å². The largest absolute Gasteiger partial charge is 0.419 e. The minimum atomic E-state index is -0.511. The van der Waals surface area contributed by atoms with E-state index < -0.39 is 11.9 Å². The van der Waals surface area contributed by atoms with Gasteiger partial charge < -0.3 is 10.2 Å². The molecule has 0 aliphatic carbocycles. The molecule has 0 bridgehead atoms. The predicted molar refractivity (Wildman–Crippen MR) is 77.2 cm³/mol. The molecule has 6 heteroatoms. The van der Waals surface area contributed by atoms with E-state index in [1.54, 1.807) is 0 Å². The van der Waals surface area contributed by atoms with Gasteiger partial charge in [0.15, 0.2) is 0 Å². The Balaban J connectivity index is 1.91. The quantitative estimate of drug-likeness (QED) is 0.803. The lowest BCUT2D eigenvalue weighted by molar-refractivity contribution is 0.484. The lowest BCUT2D eigenvalue weighted by Crippen LogP contribution is -2.11. The molecule has 2 N–H and O–H groups in total. The molecular weight excluding hydrogens is 293 g/mol. The minimum absolute atomic E-state index is 0.000363. The maximum absolute atomic E-state index is 13.2. The van der Waals surface area contributed by atoms with Gasteiger partial charge in [0.05, 0.1) is 5.02 Å². The molecule has 1 heterocycles. The van der Waals surface area contributed by atoms with E-state index in [1.807, 2.05) is 30.3 Å². The van der Waals surface area contributed by atoms with Crippen molar-refractivity contribution >= 4 is 11.6 Å². The second-order valence-electron chi connectivity index (χ2n) is 4.46. The molecule has 1 unspecified atom stereocenters. The molecule has 0 fully saturated rings. The van der Waals surface area contributed by atoms with Crippen LogP contribution in [0.15, 0.2) is 52.9 Å². The van der Waals surface area contributed by atoms with Crippen LogP contribution in [0.4, 0.5) is 4.39 Å². The van der Waals surface area contributed by atoms with E-state index in [0.717, 1.165) is 5.56 Å². The second kappa shape index (κ2) is 5.63. The van der Waals surface area contributed by atoms with Gasteiger partial charge in [0.25, 0.3) is 0 Å². The summed E-state index contributed by atoms with van der Waals surface area (Å²) in [5.41, 5.74) is 7.49. The number of nitrogens with zero attached hydrogens (tertiary/aromatic N) is 2. The number of nitrogens with two attached hydrogens (primary N) is 1. The van der Waals surface area contributed by atoms with Gasteiger partial charge in [-0.15, -0.1) is 10.2 Å². The third kappa shape index (κ3) is 2.79. The van der Waals surface area contributed by atoms with Crippen LogP contribution in [-0.4, -0.2) is 10.2 Å². The summed E-state index contributed by atoms with van der Waals surface area (Å²) in [6.07, 6.45) is 0. The summed E-state index contributed by atoms with van der Waals surface area (Å²) in [6, 6.07) is 13.1. The van der Waals surface area contributed by atoms with Crippen LogP contribution in [0.25, 0.3) is 11.5 Å². The number of hydrogen-bond acceptors (Lipinski definition) is 4. The van der Waals surface area contributed by atoms with Gasteiger partial charge in [-0.3, -0.25) is 0 Å². The summed E-state index contributed by atoms with van der Waals surface area (Å²) in [6.45, 7) is 0. The second-order valence-corrected chi connectivity index (χ2v) is 4.87. The fraction of sp³-hybridized carbons (Fsp3) is 0.0667. The average molecular weight is 304 g/mol. The highest BCUT2D eigenvalue weighted by Crippen LogP contribution is 2.26. The summed E-state index contributed by atoms with van der Waals surface area (Å²) < 4.78 is 18.7. The first-order chi connectivity index (χ1) is 10.1. The zero-order valence-electron chi connectivity index (χ0n) is 10.8. The Hall–Kier alpha value is -2.24. The molecule has 0 amide bonds. The van der Waals surface area contributed by atoms with E-state index >= 15 is 0 Å². The zero-order chi connectivity index (χ0) is 14.8. The van der Waals surface area contributed by atoms with Crippen LogP contribution < -0.4 is 5.73 Å². The highest BCUT2D eigenvalue weighted by Gasteiger charge is 2.17. The van der Waals surface area contributed by atoms with Gasteiger partial charge in [-0.1, -0.05) is 41.9 Å². The fourth-order valence-corrected chi connectivity index (χ4v) is 2.09. The number of benzene rings is 2. The van der Waals surface area contributed by atoms with Crippen LogP contribution >= 0.6 is 11.6 Å². The number of aromatic nitrogens is 2. The summed E-state index contributed by atoms with van der Waals surface area (Å²) in [4.78, 5) is 0. The lowest BCUT2D eigenvalue weighted by Gasteiger charge is -2.06. The first kappa shape index (κ1) is 13.7. The van der Waals surface area contributed by atoms with Crippen LogP contribution in [0.3, 0.4) is 0 Å². The van der Waals surface area contributed by atoms with E-state index in [9.17, 15) is 4.39 Å². The Morgan fingerprint density at radius 3 is 2.57 bits per heavy atom. The minimum Gasteiger partial charge on any atom is -0.419 e. The molecule has 3 rings (SSSR count). The molecule has 0 aliphatic heterocycles. The molecule has 0 spiro atoms. The number of halogens is 2. The molecule has 2 aromatic carbocycles. The smallest absolute Gasteiger partial charge is 0.247 e. The standard InChI is InChI=1S/C15H11ClFN3O/c16-11-8-10(6-7-12(11)17)14-19-20-15(21-14)13(18)9-4-2-1-3-5-9/h1-8,13H,18H2. The van der Waals surface area contributed by atoms with Crippen LogP contribution in [0, 0.1) is 5.82 Å². The van der Waals surface area contributed by atoms with E-state index in [-0.39, 0.29) is 16.8 Å². The molecular formula is C15H11ClFN3O. The maximum Gasteiger partial charge on any atom is 0.247 e. The van der Waals surface area contributed by atoms with Gasteiger partial charge in [-0.05, 0) is 23.8 Å².